The van der Waals surface area contributed by atoms with E-state index in [0.717, 1.165) is 26.9 Å². The molecule has 2 amide bonds. The minimum Gasteiger partial charge on any atom is -0.467 e. The Morgan fingerprint density at radius 2 is 1.65 bits per heavy atom. The van der Waals surface area contributed by atoms with Gasteiger partial charge in [-0.2, -0.15) is 5.10 Å². The Morgan fingerprint density at radius 1 is 1.03 bits per heavy atom. The van der Waals surface area contributed by atoms with Crippen molar-refractivity contribution >= 4 is 28.6 Å². The monoisotopic (exact) mass is 464 g/mol. The average molecular weight is 465 g/mol. The van der Waals surface area contributed by atoms with Crippen molar-refractivity contribution in [2.75, 3.05) is 13.7 Å². The van der Waals surface area contributed by atoms with Gasteiger partial charge in [-0.3, -0.25) is 14.4 Å². The van der Waals surface area contributed by atoms with E-state index in [9.17, 15) is 19.2 Å². The molecule has 1 atom stereocenters. The molecule has 0 fully saturated rings. The van der Waals surface area contributed by atoms with Crippen molar-refractivity contribution in [2.45, 2.75) is 40.3 Å². The van der Waals surface area contributed by atoms with Crippen LogP contribution in [-0.2, 0) is 25.7 Å². The lowest BCUT2D eigenvalue weighted by molar-refractivity contribution is -0.144. The standard InChI is InChI=1S/C25H28N4O5/c1-14-10-15(2)22(16(3)11-14)23-18-8-6-7-9-19(18)24(32)29(28-23)13-21(31)26-12-20(30)27-17(4)25(33)34-5/h6-11,17H,12-13H2,1-5H3,(H,26,31)(H,27,30). The molecule has 0 bridgehead atoms. The van der Waals surface area contributed by atoms with Gasteiger partial charge in [-0.05, 0) is 44.9 Å². The van der Waals surface area contributed by atoms with Gasteiger partial charge in [-0.25, -0.2) is 9.48 Å². The summed E-state index contributed by atoms with van der Waals surface area (Å²) in [6, 6.07) is 10.4. The summed E-state index contributed by atoms with van der Waals surface area (Å²) in [6.45, 7) is 6.75. The van der Waals surface area contributed by atoms with Gasteiger partial charge < -0.3 is 15.4 Å². The van der Waals surface area contributed by atoms with E-state index in [0.29, 0.717) is 16.5 Å². The largest absolute Gasteiger partial charge is 0.467 e. The van der Waals surface area contributed by atoms with Gasteiger partial charge in [-0.1, -0.05) is 35.9 Å². The Bertz CT molecular complexity index is 1310. The minimum absolute atomic E-state index is 0.356. The number of nitrogens with zero attached hydrogens (tertiary/aromatic N) is 2. The van der Waals surface area contributed by atoms with Gasteiger partial charge in [-0.15, -0.1) is 0 Å². The number of carbonyl (C=O) groups is 3. The first-order valence-corrected chi connectivity index (χ1v) is 10.8. The van der Waals surface area contributed by atoms with E-state index >= 15 is 0 Å². The normalized spacial score (nSPS) is 11.7. The molecule has 3 rings (SSSR count). The number of aryl methyl sites for hydroxylation is 3. The Balaban J connectivity index is 1.89. The van der Waals surface area contributed by atoms with Crippen LogP contribution in [0.3, 0.4) is 0 Å². The maximum Gasteiger partial charge on any atom is 0.328 e. The van der Waals surface area contributed by atoms with Crippen molar-refractivity contribution in [2.24, 2.45) is 0 Å². The van der Waals surface area contributed by atoms with Crippen molar-refractivity contribution in [3.63, 3.8) is 0 Å². The van der Waals surface area contributed by atoms with Crippen LogP contribution in [0.25, 0.3) is 22.0 Å². The molecule has 34 heavy (non-hydrogen) atoms. The van der Waals surface area contributed by atoms with E-state index in [1.165, 1.54) is 14.0 Å². The lowest BCUT2D eigenvalue weighted by Crippen LogP contribution is -2.45. The summed E-state index contributed by atoms with van der Waals surface area (Å²) < 4.78 is 5.66. The average Bonchev–Trinajstić information content (AvgIpc) is 2.79. The lowest BCUT2D eigenvalue weighted by atomic mass is 9.94. The van der Waals surface area contributed by atoms with Crippen LogP contribution in [0.15, 0.2) is 41.2 Å². The van der Waals surface area contributed by atoms with Gasteiger partial charge >= 0.3 is 5.97 Å². The SMILES string of the molecule is COC(=O)C(C)NC(=O)CNC(=O)Cn1nc(-c2c(C)cc(C)cc2C)c2ccccc2c1=O. The number of amides is 2. The third-order valence-electron chi connectivity index (χ3n) is 5.45. The molecule has 0 spiro atoms. The predicted octanol–water partition coefficient (Wildman–Crippen LogP) is 1.78. The summed E-state index contributed by atoms with van der Waals surface area (Å²) in [5.41, 5.74) is 4.27. The summed E-state index contributed by atoms with van der Waals surface area (Å²) in [5.74, 6) is -1.72. The van der Waals surface area contributed by atoms with Crippen LogP contribution in [0.2, 0.25) is 0 Å². The summed E-state index contributed by atoms with van der Waals surface area (Å²) in [7, 11) is 1.22. The van der Waals surface area contributed by atoms with Gasteiger partial charge in [0.2, 0.25) is 11.8 Å². The number of ether oxygens (including phenoxy) is 1. The Kier molecular flexibility index (Phi) is 7.45. The predicted molar refractivity (Wildman–Crippen MR) is 128 cm³/mol. The Hall–Kier alpha value is -4.01. The quantitative estimate of drug-likeness (QED) is 0.515. The van der Waals surface area contributed by atoms with E-state index in [2.05, 4.69) is 32.6 Å². The van der Waals surface area contributed by atoms with Crippen molar-refractivity contribution < 1.29 is 19.1 Å². The number of nitrogens with one attached hydrogen (secondary N) is 2. The number of rotatable bonds is 7. The number of carbonyl (C=O) groups excluding carboxylic acids is 3. The number of hydrogen-bond donors (Lipinski definition) is 2. The highest BCUT2D eigenvalue weighted by molar-refractivity contribution is 5.95. The molecule has 0 aliphatic rings. The van der Waals surface area contributed by atoms with Gasteiger partial charge in [0.15, 0.2) is 0 Å². The number of fused-ring (bicyclic) bond motifs is 1. The second-order valence-electron chi connectivity index (χ2n) is 8.22. The summed E-state index contributed by atoms with van der Waals surface area (Å²) >= 11 is 0. The molecule has 1 aromatic heterocycles. The van der Waals surface area contributed by atoms with Gasteiger partial charge in [0.1, 0.15) is 12.6 Å². The third-order valence-corrected chi connectivity index (χ3v) is 5.45. The molecule has 2 N–H and O–H groups in total. The van der Waals surface area contributed by atoms with Gasteiger partial charge in [0, 0.05) is 10.9 Å². The second kappa shape index (κ2) is 10.3. The molecular formula is C25H28N4O5. The van der Waals surface area contributed by atoms with Crippen LogP contribution in [0.1, 0.15) is 23.6 Å². The maximum absolute atomic E-state index is 13.1. The Labute approximate surface area is 197 Å². The van der Waals surface area contributed by atoms with Crippen molar-refractivity contribution in [3.05, 3.63) is 63.4 Å². The smallest absolute Gasteiger partial charge is 0.328 e. The van der Waals surface area contributed by atoms with E-state index in [1.807, 2.05) is 32.9 Å². The molecule has 178 valence electrons. The van der Waals surface area contributed by atoms with Crippen LogP contribution in [0.5, 0.6) is 0 Å². The molecule has 0 aliphatic carbocycles. The maximum atomic E-state index is 13.1. The molecule has 9 heteroatoms. The number of hydrogen-bond acceptors (Lipinski definition) is 6. The number of benzene rings is 2. The summed E-state index contributed by atoms with van der Waals surface area (Å²) in [5, 5.41) is 10.6. The molecule has 2 aromatic carbocycles. The molecule has 3 aromatic rings. The number of aromatic nitrogens is 2. The number of esters is 1. The van der Waals surface area contributed by atoms with Crippen LogP contribution in [0, 0.1) is 20.8 Å². The molecule has 0 saturated carbocycles. The molecule has 0 radical (unpaired) electrons. The fraction of sp³-hybridized carbons (Fsp3) is 0.320. The van der Waals surface area contributed by atoms with Gasteiger partial charge in [0.25, 0.3) is 5.56 Å². The molecule has 0 saturated heterocycles. The molecule has 1 unspecified atom stereocenters. The van der Waals surface area contributed by atoms with E-state index in [-0.39, 0.29) is 13.1 Å². The zero-order valence-corrected chi connectivity index (χ0v) is 19.9. The zero-order chi connectivity index (χ0) is 25.0. The molecule has 0 aliphatic heterocycles. The number of methoxy groups -OCH3 is 1. The molecule has 1 heterocycles. The highest BCUT2D eigenvalue weighted by Gasteiger charge is 2.19. The fourth-order valence-corrected chi connectivity index (χ4v) is 3.98. The molecular weight excluding hydrogens is 436 g/mol. The highest BCUT2D eigenvalue weighted by atomic mass is 16.5. The molecule has 9 nitrogen and oxygen atoms in total. The third kappa shape index (κ3) is 5.31. The van der Waals surface area contributed by atoms with Crippen LogP contribution < -0.4 is 16.2 Å². The minimum atomic E-state index is -0.845. The van der Waals surface area contributed by atoms with E-state index < -0.39 is 29.4 Å². The topological polar surface area (TPSA) is 119 Å². The van der Waals surface area contributed by atoms with Crippen LogP contribution in [0.4, 0.5) is 0 Å². The van der Waals surface area contributed by atoms with Crippen molar-refractivity contribution in [1.82, 2.24) is 20.4 Å². The second-order valence-corrected chi connectivity index (χ2v) is 8.22. The van der Waals surface area contributed by atoms with E-state index in [4.69, 9.17) is 0 Å². The summed E-state index contributed by atoms with van der Waals surface area (Å²) in [4.78, 5) is 49.0. The van der Waals surface area contributed by atoms with Crippen LogP contribution >= 0.6 is 0 Å². The van der Waals surface area contributed by atoms with Crippen molar-refractivity contribution in [1.29, 1.82) is 0 Å². The van der Waals surface area contributed by atoms with Crippen LogP contribution in [-0.4, -0.2) is 47.3 Å². The Morgan fingerprint density at radius 3 is 2.26 bits per heavy atom. The first-order valence-electron chi connectivity index (χ1n) is 10.8. The van der Waals surface area contributed by atoms with E-state index in [1.54, 1.807) is 12.1 Å². The van der Waals surface area contributed by atoms with Gasteiger partial charge in [0.05, 0.1) is 24.7 Å². The zero-order valence-electron chi connectivity index (χ0n) is 19.9. The van der Waals surface area contributed by atoms with Crippen molar-refractivity contribution in [3.8, 4) is 11.3 Å². The highest BCUT2D eigenvalue weighted by Crippen LogP contribution is 2.31. The first kappa shape index (κ1) is 24.6. The summed E-state index contributed by atoms with van der Waals surface area (Å²) in [6.07, 6.45) is 0. The lowest BCUT2D eigenvalue weighted by Gasteiger charge is -2.16. The first-order chi connectivity index (χ1) is 16.1. The fourth-order valence-electron chi connectivity index (χ4n) is 3.98.